The minimum absolute atomic E-state index is 0.00675. The molecular formula is C36H44N2O6. The SMILES string of the molecule is CC(C)Nc1cccc(Cn2ccc([C@@H]3O[C@@H]4C[C@H]5[C@@H]6CCC7=CC(=O)C=C[C@]7(C)[C@H]6[C@@H](O)C[C@]5(C)[C@]4(C(=O)CO)O3)c2)c1. The normalized spacial score (nSPS) is 39.0. The minimum atomic E-state index is -1.35. The highest BCUT2D eigenvalue weighted by Gasteiger charge is 2.75. The quantitative estimate of drug-likeness (QED) is 0.412. The van der Waals surface area contributed by atoms with E-state index in [2.05, 4.69) is 55.8 Å². The van der Waals surface area contributed by atoms with Crippen molar-refractivity contribution in [2.75, 3.05) is 11.9 Å². The fraction of sp³-hybridized carbons (Fsp3) is 0.556. The van der Waals surface area contributed by atoms with Crippen LogP contribution in [0.1, 0.15) is 70.8 Å². The Balaban J connectivity index is 1.16. The first-order valence-electron chi connectivity index (χ1n) is 16.1. The molecule has 1 aromatic heterocycles. The zero-order valence-corrected chi connectivity index (χ0v) is 26.0. The third kappa shape index (κ3) is 4.32. The van der Waals surface area contributed by atoms with Gasteiger partial charge in [0.1, 0.15) is 6.61 Å². The van der Waals surface area contributed by atoms with Gasteiger partial charge in [0.25, 0.3) is 0 Å². The van der Waals surface area contributed by atoms with Gasteiger partial charge in [0.15, 0.2) is 23.5 Å². The molecule has 0 spiro atoms. The molecule has 2 aromatic rings. The Morgan fingerprint density at radius 2 is 2.05 bits per heavy atom. The smallest absolute Gasteiger partial charge is 0.193 e. The van der Waals surface area contributed by atoms with E-state index in [1.165, 1.54) is 0 Å². The van der Waals surface area contributed by atoms with Crippen LogP contribution in [0.2, 0.25) is 0 Å². The molecule has 8 nitrogen and oxygen atoms in total. The van der Waals surface area contributed by atoms with Crippen LogP contribution in [0, 0.1) is 28.6 Å². The number of Topliss-reactive ketones (excluding diaryl/α,β-unsaturated/α-hetero) is 1. The molecule has 9 atom stereocenters. The second kappa shape index (κ2) is 10.5. The lowest BCUT2D eigenvalue weighted by molar-refractivity contribution is -0.201. The van der Waals surface area contributed by atoms with Crippen molar-refractivity contribution in [2.45, 2.75) is 90.1 Å². The molecule has 3 saturated carbocycles. The summed E-state index contributed by atoms with van der Waals surface area (Å²) < 4.78 is 15.4. The standard InChI is InChI=1S/C36H44N2O6/c1-21(2)37-25-7-5-6-22(14-25)18-38-13-11-23(19-38)33-43-31-16-28-27-9-8-24-15-26(40)10-12-34(24,3)32(27)29(41)17-35(28,4)36(31,44-33)30(42)20-39/h5-7,10-15,19,21,27-29,31-33,37,39,41H,8-9,16-18,20H2,1-4H3/t27-,28-,29-,31+,32+,33+,34-,35-,36+/m0/s1. The number of allylic oxidation sites excluding steroid dienone is 4. The first-order chi connectivity index (χ1) is 21.0. The van der Waals surface area contributed by atoms with Crippen molar-refractivity contribution in [1.29, 1.82) is 0 Å². The summed E-state index contributed by atoms with van der Waals surface area (Å²) in [5.41, 5.74) is 1.69. The van der Waals surface area contributed by atoms with Crippen molar-refractivity contribution in [2.24, 2.45) is 28.6 Å². The summed E-state index contributed by atoms with van der Waals surface area (Å²) >= 11 is 0. The second-order valence-corrected chi connectivity index (χ2v) is 14.5. The fourth-order valence-corrected chi connectivity index (χ4v) is 9.84. The number of ether oxygens (including phenoxy) is 2. The van der Waals surface area contributed by atoms with Crippen molar-refractivity contribution < 1.29 is 29.3 Å². The molecule has 8 heteroatoms. The molecule has 3 N–H and O–H groups in total. The number of carbonyl (C=O) groups excluding carboxylic acids is 2. The number of hydrogen-bond donors (Lipinski definition) is 3. The number of nitrogens with one attached hydrogen (secondary N) is 1. The number of hydrogen-bond acceptors (Lipinski definition) is 7. The first-order valence-corrected chi connectivity index (χ1v) is 16.1. The van der Waals surface area contributed by atoms with Crippen LogP contribution in [0.15, 0.2) is 66.5 Å². The Morgan fingerprint density at radius 1 is 1.23 bits per heavy atom. The van der Waals surface area contributed by atoms with Crippen LogP contribution < -0.4 is 5.32 Å². The third-order valence-corrected chi connectivity index (χ3v) is 11.6. The van der Waals surface area contributed by atoms with E-state index in [0.717, 1.165) is 35.2 Å². The van der Waals surface area contributed by atoms with Crippen LogP contribution in [0.25, 0.3) is 0 Å². The monoisotopic (exact) mass is 600 g/mol. The highest BCUT2D eigenvalue weighted by atomic mass is 16.7. The third-order valence-electron chi connectivity index (χ3n) is 11.6. The zero-order valence-electron chi connectivity index (χ0n) is 26.0. The van der Waals surface area contributed by atoms with Crippen LogP contribution in [0.4, 0.5) is 5.69 Å². The summed E-state index contributed by atoms with van der Waals surface area (Å²) in [6.45, 7) is 8.47. The van der Waals surface area contributed by atoms with E-state index in [4.69, 9.17) is 9.47 Å². The molecule has 0 bridgehead atoms. The zero-order chi connectivity index (χ0) is 31.0. The molecule has 2 heterocycles. The maximum absolute atomic E-state index is 13.8. The molecule has 0 radical (unpaired) electrons. The molecule has 1 aliphatic heterocycles. The Morgan fingerprint density at radius 3 is 2.82 bits per heavy atom. The number of rotatable bonds is 7. The summed E-state index contributed by atoms with van der Waals surface area (Å²) in [5, 5.41) is 25.6. The van der Waals surface area contributed by atoms with Crippen LogP contribution in [-0.4, -0.2) is 56.8 Å². The van der Waals surface area contributed by atoms with Gasteiger partial charge in [0.05, 0.1) is 12.2 Å². The van der Waals surface area contributed by atoms with Crippen molar-refractivity contribution in [3.8, 4) is 0 Å². The summed E-state index contributed by atoms with van der Waals surface area (Å²) in [6.07, 6.45) is 10.0. The van der Waals surface area contributed by atoms with Crippen molar-refractivity contribution in [1.82, 2.24) is 4.57 Å². The van der Waals surface area contributed by atoms with Gasteiger partial charge in [-0.2, -0.15) is 0 Å². The largest absolute Gasteiger partial charge is 0.393 e. The van der Waals surface area contributed by atoms with Crippen molar-refractivity contribution in [3.63, 3.8) is 0 Å². The summed E-state index contributed by atoms with van der Waals surface area (Å²) in [4.78, 5) is 26.0. The number of fused-ring (bicyclic) bond motifs is 7. The number of aromatic nitrogens is 1. The number of aliphatic hydroxyl groups excluding tert-OH is 2. The van der Waals surface area contributed by atoms with Gasteiger partial charge in [-0.1, -0.05) is 37.6 Å². The molecule has 7 rings (SSSR count). The Bertz CT molecular complexity index is 1540. The Hall–Kier alpha value is -3.04. The number of carbonyl (C=O) groups is 2. The molecule has 1 saturated heterocycles. The van der Waals surface area contributed by atoms with Crippen molar-refractivity contribution in [3.05, 3.63) is 77.7 Å². The van der Waals surface area contributed by atoms with Crippen LogP contribution in [0.3, 0.4) is 0 Å². The molecule has 44 heavy (non-hydrogen) atoms. The molecule has 5 aliphatic rings. The molecule has 0 amide bonds. The van der Waals surface area contributed by atoms with E-state index in [1.807, 2.05) is 30.6 Å². The van der Waals surface area contributed by atoms with E-state index in [0.29, 0.717) is 25.4 Å². The highest BCUT2D eigenvalue weighted by molar-refractivity contribution is 6.01. The molecule has 234 valence electrons. The van der Waals surface area contributed by atoms with E-state index in [-0.39, 0.29) is 29.3 Å². The first kappa shape index (κ1) is 29.7. The van der Waals surface area contributed by atoms with Crippen molar-refractivity contribution >= 4 is 17.3 Å². The number of nitrogens with zero attached hydrogens (tertiary/aromatic N) is 1. The second-order valence-electron chi connectivity index (χ2n) is 14.5. The minimum Gasteiger partial charge on any atom is -0.393 e. The Labute approximate surface area is 259 Å². The summed E-state index contributed by atoms with van der Waals surface area (Å²) in [7, 11) is 0. The van der Waals surface area contributed by atoms with E-state index >= 15 is 0 Å². The number of aliphatic hydroxyl groups is 2. The lowest BCUT2D eigenvalue weighted by Gasteiger charge is -2.59. The maximum Gasteiger partial charge on any atom is 0.193 e. The summed E-state index contributed by atoms with van der Waals surface area (Å²) in [6, 6.07) is 10.7. The number of benzene rings is 1. The van der Waals surface area contributed by atoms with Gasteiger partial charge in [-0.3, -0.25) is 9.59 Å². The van der Waals surface area contributed by atoms with E-state index < -0.39 is 41.5 Å². The van der Waals surface area contributed by atoms with Gasteiger partial charge < -0.3 is 29.6 Å². The van der Waals surface area contributed by atoms with Gasteiger partial charge in [-0.15, -0.1) is 0 Å². The molecule has 4 fully saturated rings. The predicted octanol–water partition coefficient (Wildman–Crippen LogP) is 4.96. The van der Waals surface area contributed by atoms with Gasteiger partial charge in [-0.05, 0) is 87.3 Å². The molecule has 4 aliphatic carbocycles. The number of anilines is 1. The summed E-state index contributed by atoms with van der Waals surface area (Å²) in [5.74, 6) is -0.236. The number of ketones is 2. The van der Waals surface area contributed by atoms with Crippen LogP contribution >= 0.6 is 0 Å². The van der Waals surface area contributed by atoms with Crippen LogP contribution in [-0.2, 0) is 25.6 Å². The molecule has 0 unspecified atom stereocenters. The van der Waals surface area contributed by atoms with Gasteiger partial charge >= 0.3 is 0 Å². The van der Waals surface area contributed by atoms with Gasteiger partial charge in [-0.25, -0.2) is 0 Å². The molecule has 1 aromatic carbocycles. The lowest BCUT2D eigenvalue weighted by atomic mass is 9.46. The fourth-order valence-electron chi connectivity index (χ4n) is 9.84. The topological polar surface area (TPSA) is 110 Å². The molecular weight excluding hydrogens is 556 g/mol. The van der Waals surface area contributed by atoms with Gasteiger partial charge in [0.2, 0.25) is 0 Å². The predicted molar refractivity (Wildman–Crippen MR) is 166 cm³/mol. The Kier molecular flexibility index (Phi) is 7.09. The van der Waals surface area contributed by atoms with E-state index in [9.17, 15) is 19.8 Å². The maximum atomic E-state index is 13.8. The average Bonchev–Trinajstić information content (AvgIpc) is 3.65. The van der Waals surface area contributed by atoms with Gasteiger partial charge in [0, 0.05) is 53.0 Å². The average molecular weight is 601 g/mol. The lowest BCUT2D eigenvalue weighted by Crippen LogP contribution is -2.63. The highest BCUT2D eigenvalue weighted by Crippen LogP contribution is 2.70. The van der Waals surface area contributed by atoms with Crippen LogP contribution in [0.5, 0.6) is 0 Å². The van der Waals surface area contributed by atoms with E-state index in [1.54, 1.807) is 12.2 Å².